The molecule has 2 heteroatoms. The summed E-state index contributed by atoms with van der Waals surface area (Å²) in [5, 5.41) is 0.597. The molecule has 0 aromatic rings. The van der Waals surface area contributed by atoms with E-state index in [-0.39, 0.29) is 5.78 Å². The van der Waals surface area contributed by atoms with Crippen LogP contribution in [-0.2, 0) is 4.79 Å². The van der Waals surface area contributed by atoms with Gasteiger partial charge in [-0.15, -0.1) is 0 Å². The van der Waals surface area contributed by atoms with Gasteiger partial charge in [-0.1, -0.05) is 32.4 Å². The molecule has 0 aliphatic heterocycles. The fourth-order valence-corrected chi connectivity index (χ4v) is 4.48. The van der Waals surface area contributed by atoms with Gasteiger partial charge in [-0.2, -0.15) is 0 Å². The normalized spacial score (nSPS) is 45.1. The third-order valence-corrected chi connectivity index (χ3v) is 5.74. The zero-order valence-corrected chi connectivity index (χ0v) is 11.0. The highest BCUT2D eigenvalue weighted by atomic mass is 35.5. The van der Waals surface area contributed by atoms with Crippen molar-refractivity contribution in [3.8, 4) is 0 Å². The minimum atomic E-state index is 0.192. The average Bonchev–Trinajstić information content (AvgIpc) is 2.68. The first-order valence-corrected chi connectivity index (χ1v) is 6.75. The quantitative estimate of drug-likeness (QED) is 0.628. The maximum atomic E-state index is 11.8. The van der Waals surface area contributed by atoms with Gasteiger partial charge in [0.2, 0.25) is 0 Å². The summed E-state index contributed by atoms with van der Waals surface area (Å²) in [6.07, 6.45) is 3.25. The van der Waals surface area contributed by atoms with Gasteiger partial charge in [0.15, 0.2) is 5.78 Å². The molecule has 0 spiro atoms. The lowest BCUT2D eigenvalue weighted by molar-refractivity contribution is -0.115. The van der Waals surface area contributed by atoms with Crippen LogP contribution in [0.15, 0.2) is 10.6 Å². The Kier molecular flexibility index (Phi) is 2.12. The van der Waals surface area contributed by atoms with Crippen LogP contribution in [0.5, 0.6) is 0 Å². The van der Waals surface area contributed by atoms with E-state index in [2.05, 4.69) is 20.8 Å². The van der Waals surface area contributed by atoms with Crippen LogP contribution in [-0.4, -0.2) is 5.78 Å². The first-order valence-electron chi connectivity index (χ1n) is 6.37. The van der Waals surface area contributed by atoms with Crippen LogP contribution < -0.4 is 0 Å². The zero-order chi connectivity index (χ0) is 11.7. The van der Waals surface area contributed by atoms with Gasteiger partial charge in [0, 0.05) is 6.42 Å². The Hall–Kier alpha value is -0.300. The Bertz CT molecular complexity index is 394. The molecule has 3 aliphatic rings. The maximum Gasteiger partial charge on any atom is 0.174 e. The third kappa shape index (κ3) is 1.21. The van der Waals surface area contributed by atoms with Crippen molar-refractivity contribution in [1.82, 2.24) is 0 Å². The smallest absolute Gasteiger partial charge is 0.174 e. The number of hydrogen-bond donors (Lipinski definition) is 0. The maximum absolute atomic E-state index is 11.8. The molecule has 0 aromatic carbocycles. The van der Waals surface area contributed by atoms with Gasteiger partial charge >= 0.3 is 0 Å². The fourth-order valence-electron chi connectivity index (χ4n) is 4.14. The number of carbonyl (C=O) groups excluding carboxylic acids is 1. The van der Waals surface area contributed by atoms with E-state index in [1.807, 2.05) is 0 Å². The highest BCUT2D eigenvalue weighted by Crippen LogP contribution is 2.69. The van der Waals surface area contributed by atoms with E-state index >= 15 is 0 Å². The fraction of sp³-hybridized carbons (Fsp3) is 0.786. The average molecular weight is 239 g/mol. The van der Waals surface area contributed by atoms with E-state index in [4.69, 9.17) is 11.6 Å². The second-order valence-electron chi connectivity index (χ2n) is 6.46. The SMILES string of the molecule is C[C@H]1CC[C@H]2[C@@H](C3=C(Cl)C(=O)C[C@H]31)C2(C)C. The molecular weight excluding hydrogens is 220 g/mol. The van der Waals surface area contributed by atoms with E-state index < -0.39 is 0 Å². The number of Topliss-reactive ketones (excluding diaryl/α,β-unsaturated/α-hetero) is 1. The van der Waals surface area contributed by atoms with Crippen molar-refractivity contribution >= 4 is 17.4 Å². The van der Waals surface area contributed by atoms with Gasteiger partial charge in [-0.25, -0.2) is 0 Å². The first kappa shape index (κ1) is 10.8. The van der Waals surface area contributed by atoms with Gasteiger partial charge < -0.3 is 0 Å². The molecule has 0 amide bonds. The molecule has 0 bridgehead atoms. The molecule has 0 heterocycles. The number of ketones is 1. The predicted octanol–water partition coefficient (Wildman–Crippen LogP) is 3.77. The van der Waals surface area contributed by atoms with Gasteiger partial charge in [0.1, 0.15) is 0 Å². The minimum Gasteiger partial charge on any atom is -0.293 e. The predicted molar refractivity (Wildman–Crippen MR) is 65.2 cm³/mol. The summed E-state index contributed by atoms with van der Waals surface area (Å²) in [6, 6.07) is 0. The molecule has 0 radical (unpaired) electrons. The molecule has 4 atom stereocenters. The lowest BCUT2D eigenvalue weighted by atomic mass is 9.83. The summed E-state index contributed by atoms with van der Waals surface area (Å²) in [5.74, 6) is 2.66. The van der Waals surface area contributed by atoms with E-state index in [1.54, 1.807) is 0 Å². The Morgan fingerprint density at radius 1 is 1.31 bits per heavy atom. The van der Waals surface area contributed by atoms with E-state index in [0.717, 1.165) is 5.92 Å². The van der Waals surface area contributed by atoms with Gasteiger partial charge in [0.25, 0.3) is 0 Å². The Labute approximate surface area is 102 Å². The largest absolute Gasteiger partial charge is 0.293 e. The summed E-state index contributed by atoms with van der Waals surface area (Å²) < 4.78 is 0. The lowest BCUT2D eigenvalue weighted by Gasteiger charge is -2.21. The van der Waals surface area contributed by atoms with Crippen LogP contribution in [0.25, 0.3) is 0 Å². The first-order chi connectivity index (χ1) is 7.44. The van der Waals surface area contributed by atoms with Crippen molar-refractivity contribution in [3.05, 3.63) is 10.6 Å². The van der Waals surface area contributed by atoms with Crippen LogP contribution in [0.2, 0.25) is 0 Å². The molecule has 2 fully saturated rings. The van der Waals surface area contributed by atoms with Gasteiger partial charge in [-0.3, -0.25) is 4.79 Å². The van der Waals surface area contributed by atoms with Crippen molar-refractivity contribution in [3.63, 3.8) is 0 Å². The summed E-state index contributed by atoms with van der Waals surface area (Å²) in [6.45, 7) is 6.94. The van der Waals surface area contributed by atoms with Crippen LogP contribution in [0.4, 0.5) is 0 Å². The number of hydrogen-bond acceptors (Lipinski definition) is 1. The van der Waals surface area contributed by atoms with Gasteiger partial charge in [-0.05, 0) is 47.5 Å². The van der Waals surface area contributed by atoms with Crippen molar-refractivity contribution in [2.45, 2.75) is 40.0 Å². The summed E-state index contributed by atoms with van der Waals surface area (Å²) in [7, 11) is 0. The molecule has 0 N–H and O–H groups in total. The molecule has 3 rings (SSSR count). The van der Waals surface area contributed by atoms with Crippen LogP contribution in [0.3, 0.4) is 0 Å². The van der Waals surface area contributed by atoms with Crippen LogP contribution in [0.1, 0.15) is 40.0 Å². The Morgan fingerprint density at radius 2 is 2.00 bits per heavy atom. The Balaban J connectivity index is 2.05. The molecule has 0 saturated heterocycles. The molecule has 88 valence electrons. The highest BCUT2D eigenvalue weighted by Gasteiger charge is 2.62. The third-order valence-electron chi connectivity index (χ3n) is 5.31. The lowest BCUT2D eigenvalue weighted by Crippen LogP contribution is -2.14. The summed E-state index contributed by atoms with van der Waals surface area (Å²) >= 11 is 6.25. The van der Waals surface area contributed by atoms with E-state index in [9.17, 15) is 4.79 Å². The molecule has 2 saturated carbocycles. The number of halogens is 1. The second-order valence-corrected chi connectivity index (χ2v) is 6.84. The van der Waals surface area contributed by atoms with Gasteiger partial charge in [0.05, 0.1) is 5.03 Å². The summed E-state index contributed by atoms with van der Waals surface area (Å²) in [5.41, 5.74) is 1.71. The van der Waals surface area contributed by atoms with Crippen LogP contribution in [0, 0.1) is 29.1 Å². The van der Waals surface area contributed by atoms with E-state index in [0.29, 0.717) is 34.6 Å². The zero-order valence-electron chi connectivity index (χ0n) is 10.2. The van der Waals surface area contributed by atoms with Crippen LogP contribution >= 0.6 is 11.6 Å². The molecule has 0 unspecified atom stereocenters. The highest BCUT2D eigenvalue weighted by molar-refractivity contribution is 6.43. The number of rotatable bonds is 0. The standard InChI is InChI=1S/C14H19ClO/c1-7-4-5-9-12(14(9,2)3)11-8(7)6-10(16)13(11)15/h7-9,12H,4-6H2,1-3H3/t7-,8-,9-,12-/m0/s1. The van der Waals surface area contributed by atoms with E-state index in [1.165, 1.54) is 18.4 Å². The number of carbonyl (C=O) groups is 1. The Morgan fingerprint density at radius 3 is 2.69 bits per heavy atom. The monoisotopic (exact) mass is 238 g/mol. The summed E-state index contributed by atoms with van der Waals surface area (Å²) in [4.78, 5) is 11.8. The molecule has 16 heavy (non-hydrogen) atoms. The minimum absolute atomic E-state index is 0.192. The molecule has 3 aliphatic carbocycles. The van der Waals surface area contributed by atoms with Crippen molar-refractivity contribution in [2.75, 3.05) is 0 Å². The molecular formula is C14H19ClO. The molecule has 1 nitrogen and oxygen atoms in total. The topological polar surface area (TPSA) is 17.1 Å². The van der Waals surface area contributed by atoms with Crippen molar-refractivity contribution in [2.24, 2.45) is 29.1 Å². The number of fused-ring (bicyclic) bond motifs is 3. The van der Waals surface area contributed by atoms with Crippen molar-refractivity contribution < 1.29 is 4.79 Å². The van der Waals surface area contributed by atoms with Crippen molar-refractivity contribution in [1.29, 1.82) is 0 Å². The molecule has 0 aromatic heterocycles. The number of allylic oxidation sites excluding steroid dienone is 2. The second kappa shape index (κ2) is 3.13.